The van der Waals surface area contributed by atoms with E-state index >= 15 is 0 Å². The van der Waals surface area contributed by atoms with Crippen molar-refractivity contribution in [3.05, 3.63) is 24.3 Å². The summed E-state index contributed by atoms with van der Waals surface area (Å²) in [5.41, 5.74) is 0. The summed E-state index contributed by atoms with van der Waals surface area (Å²) in [6, 6.07) is 7.93. The van der Waals surface area contributed by atoms with Gasteiger partial charge < -0.3 is 38.1 Å². The van der Waals surface area contributed by atoms with Crippen LogP contribution in [0.5, 0.6) is 0 Å². The normalized spacial score (nSPS) is 9.77. The van der Waals surface area contributed by atoms with Crippen LogP contribution in [0.1, 0.15) is 0 Å². The molecule has 0 atom stereocenters. The number of hydrogen-bond donors (Lipinski definition) is 2. The summed E-state index contributed by atoms with van der Waals surface area (Å²) < 4.78 is 0. The number of nitrogens with zero attached hydrogens (tertiary/aromatic N) is 2. The molecule has 1 rings (SSSR count). The minimum Gasteiger partial charge on any atom is -0.527 e. The van der Waals surface area contributed by atoms with Gasteiger partial charge in [0.25, 0.3) is 0 Å². The summed E-state index contributed by atoms with van der Waals surface area (Å²) in [6.45, 7) is 4.82. The van der Waals surface area contributed by atoms with Crippen LogP contribution in [0.3, 0.4) is 0 Å². The molecule has 0 aliphatic rings. The molecule has 0 unspecified atom stereocenters. The van der Waals surface area contributed by atoms with E-state index in [4.69, 9.17) is 0 Å². The summed E-state index contributed by atoms with van der Waals surface area (Å²) in [4.78, 5) is 7.43. The molecule has 0 fully saturated rings. The van der Waals surface area contributed by atoms with Gasteiger partial charge in [0.15, 0.2) is 0 Å². The maximum Gasteiger partial charge on any atom is 1.00 e. The minimum absolute atomic E-state index is 0. The second-order valence-corrected chi connectivity index (χ2v) is 8.14. The molecule has 0 radical (unpaired) electrons. The van der Waals surface area contributed by atoms with Crippen molar-refractivity contribution in [2.24, 2.45) is 0 Å². The SMILES string of the molecule is CN(C)CCN(C)C.C[NH+](C)CC[NH+](C)C.[Li+].[Li+].[PH-]c1ccccc1[PH-]. The van der Waals surface area contributed by atoms with Gasteiger partial charge in [-0.25, -0.2) is 10.6 Å². The van der Waals surface area contributed by atoms with Gasteiger partial charge in [-0.1, -0.05) is 24.3 Å². The first-order valence-electron chi connectivity index (χ1n) is 8.46. The van der Waals surface area contributed by atoms with Crippen molar-refractivity contribution in [2.45, 2.75) is 0 Å². The van der Waals surface area contributed by atoms with Crippen LogP contribution >= 0.6 is 18.5 Å². The summed E-state index contributed by atoms with van der Waals surface area (Å²) in [7, 11) is 23.9. The zero-order valence-electron chi connectivity index (χ0n) is 19.0. The molecule has 26 heavy (non-hydrogen) atoms. The van der Waals surface area contributed by atoms with Crippen molar-refractivity contribution in [2.75, 3.05) is 82.6 Å². The Hall–Kier alpha value is 1.11. The van der Waals surface area contributed by atoms with E-state index in [1.54, 1.807) is 0 Å². The molecule has 0 saturated heterocycles. The quantitative estimate of drug-likeness (QED) is 0.372. The Kier molecular flexibility index (Phi) is 29.8. The van der Waals surface area contributed by atoms with E-state index in [9.17, 15) is 0 Å². The van der Waals surface area contributed by atoms with E-state index in [0.29, 0.717) is 0 Å². The van der Waals surface area contributed by atoms with Gasteiger partial charge in [-0.2, -0.15) is 0 Å². The molecule has 0 bridgehead atoms. The Bertz CT molecular complexity index is 354. The topological polar surface area (TPSA) is 15.4 Å². The zero-order valence-corrected chi connectivity index (χ0v) is 21.0. The zero-order chi connectivity index (χ0) is 19.1. The van der Waals surface area contributed by atoms with Crippen LogP contribution < -0.4 is 58.1 Å². The van der Waals surface area contributed by atoms with E-state index < -0.39 is 0 Å². The Morgan fingerprint density at radius 1 is 0.692 bits per heavy atom. The first-order chi connectivity index (χ1) is 11.1. The number of hydrogen-bond acceptors (Lipinski definition) is 2. The second kappa shape index (κ2) is 22.4. The number of nitrogens with one attached hydrogen (secondary N) is 2. The molecule has 0 amide bonds. The van der Waals surface area contributed by atoms with Crippen LogP contribution in [0.4, 0.5) is 0 Å². The first kappa shape index (κ1) is 34.6. The van der Waals surface area contributed by atoms with E-state index in [0.717, 1.165) is 23.7 Å². The Morgan fingerprint density at radius 3 is 1.12 bits per heavy atom. The third-order valence-corrected chi connectivity index (χ3v) is 4.17. The van der Waals surface area contributed by atoms with Gasteiger partial charge in [-0.15, -0.1) is 0 Å². The van der Waals surface area contributed by atoms with Gasteiger partial charge in [0, 0.05) is 13.1 Å². The Labute approximate surface area is 192 Å². The maximum atomic E-state index is 3.39. The van der Waals surface area contributed by atoms with Gasteiger partial charge in [0.05, 0.1) is 28.2 Å². The molecule has 4 nitrogen and oxygen atoms in total. The van der Waals surface area contributed by atoms with Gasteiger partial charge in [0.1, 0.15) is 13.1 Å². The van der Waals surface area contributed by atoms with Crippen molar-refractivity contribution in [3.8, 4) is 0 Å². The molecule has 0 spiro atoms. The Morgan fingerprint density at radius 2 is 0.962 bits per heavy atom. The fourth-order valence-electron chi connectivity index (χ4n) is 1.38. The van der Waals surface area contributed by atoms with Crippen molar-refractivity contribution in [1.82, 2.24) is 9.80 Å². The molecular formula is C18H40Li2N4P2+2. The monoisotopic (exact) mass is 388 g/mol. The summed E-state index contributed by atoms with van der Waals surface area (Å²) in [5, 5.41) is 2.17. The van der Waals surface area contributed by atoms with Gasteiger partial charge in [-0.3, -0.25) is 0 Å². The third kappa shape index (κ3) is 29.9. The number of quaternary nitrogens is 2. The molecule has 142 valence electrons. The van der Waals surface area contributed by atoms with Gasteiger partial charge in [0.2, 0.25) is 0 Å². The second-order valence-electron chi connectivity index (χ2n) is 7.07. The summed E-state index contributed by atoms with van der Waals surface area (Å²) >= 11 is 0. The number of likely N-dealkylation sites (N-methyl/N-ethyl adjacent to an activating group) is 4. The molecule has 1 aromatic carbocycles. The van der Waals surface area contributed by atoms with E-state index in [2.05, 4.69) is 84.7 Å². The largest absolute Gasteiger partial charge is 1.00 e. The smallest absolute Gasteiger partial charge is 0.527 e. The molecule has 2 N–H and O–H groups in total. The predicted octanol–water partition coefficient (Wildman–Crippen LogP) is -7.38. The van der Waals surface area contributed by atoms with Gasteiger partial charge in [-0.05, 0) is 28.2 Å². The van der Waals surface area contributed by atoms with Crippen LogP contribution in [-0.2, 0) is 0 Å². The molecule has 0 aliphatic carbocycles. The number of rotatable bonds is 6. The maximum absolute atomic E-state index is 3.39. The van der Waals surface area contributed by atoms with Crippen molar-refractivity contribution in [3.63, 3.8) is 0 Å². The predicted molar refractivity (Wildman–Crippen MR) is 115 cm³/mol. The van der Waals surface area contributed by atoms with Crippen molar-refractivity contribution < 1.29 is 47.5 Å². The summed E-state index contributed by atoms with van der Waals surface area (Å²) in [6.07, 6.45) is 0. The van der Waals surface area contributed by atoms with Crippen LogP contribution in [0.25, 0.3) is 0 Å². The fourth-order valence-corrected chi connectivity index (χ4v) is 1.74. The van der Waals surface area contributed by atoms with Crippen LogP contribution in [0.2, 0.25) is 0 Å². The number of benzene rings is 1. The Balaban J connectivity index is -0.000000134. The molecule has 0 aliphatic heterocycles. The van der Waals surface area contributed by atoms with Crippen molar-refractivity contribution in [1.29, 1.82) is 0 Å². The van der Waals surface area contributed by atoms with E-state index in [1.165, 1.54) is 22.9 Å². The van der Waals surface area contributed by atoms with Crippen LogP contribution in [-0.4, -0.2) is 92.4 Å². The molecular weight excluding hydrogens is 348 g/mol. The molecule has 0 heterocycles. The van der Waals surface area contributed by atoms with E-state index in [1.807, 2.05) is 24.3 Å². The summed E-state index contributed by atoms with van der Waals surface area (Å²) in [5.74, 6) is 0. The molecule has 0 saturated carbocycles. The average molecular weight is 388 g/mol. The third-order valence-electron chi connectivity index (χ3n) is 3.05. The fraction of sp³-hybridized carbons (Fsp3) is 0.667. The molecule has 0 aromatic heterocycles. The first-order valence-corrected chi connectivity index (χ1v) is 9.46. The van der Waals surface area contributed by atoms with Crippen molar-refractivity contribution >= 4 is 29.1 Å². The van der Waals surface area contributed by atoms with Crippen LogP contribution in [0.15, 0.2) is 24.3 Å². The van der Waals surface area contributed by atoms with Gasteiger partial charge >= 0.3 is 37.7 Å². The average Bonchev–Trinajstić information content (AvgIpc) is 2.47. The van der Waals surface area contributed by atoms with Crippen LogP contribution in [0, 0.1) is 0 Å². The molecule has 1 aromatic rings. The molecule has 8 heteroatoms. The minimum atomic E-state index is 0. The standard InChI is InChI=1S/2C6H16N2.C6H6P2.2Li/c2*1-7(2)5-6-8(3)4;7-5-3-1-2-4-6(5)8;;/h2*5-6H2,1-4H3;1-4,7-8H;;/q;;-2;2*+1/p+2. The van der Waals surface area contributed by atoms with E-state index in [-0.39, 0.29) is 37.7 Å².